The molecule has 0 bridgehead atoms. The molecule has 4 rings (SSSR count). The molecule has 1 amide bonds. The molecule has 182 valence electrons. The number of nitrogens with zero attached hydrogens (tertiary/aromatic N) is 5. The molecular weight excluding hydrogens is 458 g/mol. The van der Waals surface area contributed by atoms with Gasteiger partial charge < -0.3 is 14.4 Å². The van der Waals surface area contributed by atoms with E-state index in [1.807, 2.05) is 30.4 Å². The zero-order chi connectivity index (χ0) is 23.8. The lowest BCUT2D eigenvalue weighted by Gasteiger charge is -2.33. The highest BCUT2D eigenvalue weighted by atomic mass is 32.2. The largest absolute Gasteiger partial charge is 0.345 e. The zero-order valence-corrected chi connectivity index (χ0v) is 21.8. The summed E-state index contributed by atoms with van der Waals surface area (Å²) in [5.41, 5.74) is 2.14. The number of hydrogen-bond acceptors (Lipinski definition) is 6. The van der Waals surface area contributed by atoms with E-state index in [0.717, 1.165) is 51.3 Å². The molecule has 2 saturated heterocycles. The van der Waals surface area contributed by atoms with Crippen molar-refractivity contribution in [3.8, 4) is 10.7 Å². The van der Waals surface area contributed by atoms with Gasteiger partial charge in [0.2, 0.25) is 10.0 Å². The molecule has 2 fully saturated rings. The molecule has 0 unspecified atom stereocenters. The number of aryl methyl sites for hydroxylation is 1. The maximum absolute atomic E-state index is 13.4. The van der Waals surface area contributed by atoms with Crippen LogP contribution in [0.15, 0.2) is 11.0 Å². The van der Waals surface area contributed by atoms with Gasteiger partial charge >= 0.3 is 0 Å². The van der Waals surface area contributed by atoms with Crippen molar-refractivity contribution < 1.29 is 13.2 Å². The van der Waals surface area contributed by atoms with Crippen LogP contribution in [0.1, 0.15) is 53.7 Å². The van der Waals surface area contributed by atoms with Gasteiger partial charge in [0.15, 0.2) is 0 Å². The molecule has 10 heteroatoms. The highest BCUT2D eigenvalue weighted by Crippen LogP contribution is 2.34. The Bertz CT molecular complexity index is 1110. The van der Waals surface area contributed by atoms with Crippen LogP contribution in [0.5, 0.6) is 0 Å². The summed E-state index contributed by atoms with van der Waals surface area (Å²) in [5, 5.41) is 0.688. The molecule has 0 aromatic carbocycles. The van der Waals surface area contributed by atoms with Crippen molar-refractivity contribution >= 4 is 27.3 Å². The summed E-state index contributed by atoms with van der Waals surface area (Å²) in [6.45, 7) is 10.8. The minimum Gasteiger partial charge on any atom is -0.345 e. The van der Waals surface area contributed by atoms with Gasteiger partial charge in [-0.25, -0.2) is 13.4 Å². The van der Waals surface area contributed by atoms with Crippen LogP contribution in [-0.2, 0) is 17.1 Å². The summed E-state index contributed by atoms with van der Waals surface area (Å²) in [6, 6.07) is 1.73. The molecule has 8 nitrogen and oxygen atoms in total. The van der Waals surface area contributed by atoms with Crippen molar-refractivity contribution in [2.75, 3.05) is 45.8 Å². The number of amides is 1. The molecule has 2 aromatic rings. The van der Waals surface area contributed by atoms with Crippen LogP contribution >= 0.6 is 11.3 Å². The lowest BCUT2D eigenvalue weighted by atomic mass is 10.2. The van der Waals surface area contributed by atoms with Crippen molar-refractivity contribution in [1.82, 2.24) is 23.7 Å². The van der Waals surface area contributed by atoms with E-state index < -0.39 is 10.0 Å². The molecule has 0 radical (unpaired) electrons. The molecule has 0 N–H and O–H groups in total. The Morgan fingerprint density at radius 1 is 1.03 bits per heavy atom. The Kier molecular flexibility index (Phi) is 7.28. The van der Waals surface area contributed by atoms with Crippen LogP contribution in [0, 0.1) is 13.8 Å². The van der Waals surface area contributed by atoms with Crippen LogP contribution in [-0.4, -0.2) is 83.8 Å². The fourth-order valence-electron chi connectivity index (χ4n) is 4.68. The second-order valence-electron chi connectivity index (χ2n) is 9.02. The Balaban J connectivity index is 1.62. The molecule has 0 saturated carbocycles. The number of carbonyl (C=O) groups is 1. The third-order valence-corrected chi connectivity index (χ3v) is 10.2. The summed E-state index contributed by atoms with van der Waals surface area (Å²) >= 11 is 1.37. The van der Waals surface area contributed by atoms with Crippen molar-refractivity contribution in [3.05, 3.63) is 22.3 Å². The fourth-order valence-corrected chi connectivity index (χ4v) is 7.46. The maximum atomic E-state index is 13.4. The number of aromatic nitrogens is 2. The van der Waals surface area contributed by atoms with Gasteiger partial charge in [-0.15, -0.1) is 11.3 Å². The van der Waals surface area contributed by atoms with E-state index in [-0.39, 0.29) is 5.91 Å². The molecule has 0 spiro atoms. The topological polar surface area (TPSA) is 78.8 Å². The number of likely N-dealkylation sites (tertiary alicyclic amines) is 1. The van der Waals surface area contributed by atoms with E-state index >= 15 is 0 Å². The molecular formula is C23H35N5O3S2. The van der Waals surface area contributed by atoms with Crippen LogP contribution in [0.4, 0.5) is 0 Å². The highest BCUT2D eigenvalue weighted by Gasteiger charge is 2.32. The SMILES string of the molecule is CCN1CCN(S(=O)(=O)c2cc(-c3nc(C)c(C(=O)N4CCCCCC4)s3)n(C)c2C)CC1. The van der Waals surface area contributed by atoms with Crippen molar-refractivity contribution in [2.45, 2.75) is 51.3 Å². The number of sulfonamides is 1. The van der Waals surface area contributed by atoms with Gasteiger partial charge in [-0.05, 0) is 39.3 Å². The third-order valence-electron chi connectivity index (χ3n) is 6.99. The Morgan fingerprint density at radius 2 is 1.67 bits per heavy atom. The summed E-state index contributed by atoms with van der Waals surface area (Å²) < 4.78 is 30.3. The van der Waals surface area contributed by atoms with Crippen LogP contribution in [0.3, 0.4) is 0 Å². The average Bonchev–Trinajstić information content (AvgIpc) is 3.19. The number of piperazine rings is 1. The van der Waals surface area contributed by atoms with Gasteiger partial charge in [0.05, 0.1) is 11.4 Å². The molecule has 2 aliphatic heterocycles. The Morgan fingerprint density at radius 3 is 2.27 bits per heavy atom. The van der Waals surface area contributed by atoms with E-state index in [2.05, 4.69) is 16.8 Å². The van der Waals surface area contributed by atoms with Gasteiger partial charge in [-0.3, -0.25) is 4.79 Å². The van der Waals surface area contributed by atoms with Crippen molar-refractivity contribution in [1.29, 1.82) is 0 Å². The first-order valence-corrected chi connectivity index (χ1v) is 14.2. The average molecular weight is 494 g/mol. The van der Waals surface area contributed by atoms with Gasteiger partial charge in [-0.2, -0.15) is 4.31 Å². The van der Waals surface area contributed by atoms with E-state index in [1.165, 1.54) is 24.2 Å². The first-order chi connectivity index (χ1) is 15.7. The number of rotatable bonds is 5. The predicted octanol–water partition coefficient (Wildman–Crippen LogP) is 3.11. The molecule has 4 heterocycles. The summed E-state index contributed by atoms with van der Waals surface area (Å²) in [7, 11) is -1.72. The van der Waals surface area contributed by atoms with Gasteiger partial charge in [0, 0.05) is 52.0 Å². The standard InChI is InChI=1S/C23H35N5O3S2/c1-5-26-12-14-28(15-13-26)33(30,31)20-16-19(25(4)18(20)3)22-24-17(2)21(32-22)23(29)27-10-8-6-7-9-11-27/h16H,5-15H2,1-4H3. The lowest BCUT2D eigenvalue weighted by molar-refractivity contribution is 0.0765. The number of carbonyl (C=O) groups excluding carboxylic acids is 1. The van der Waals surface area contributed by atoms with Crippen LogP contribution in [0.2, 0.25) is 0 Å². The first-order valence-electron chi connectivity index (χ1n) is 11.9. The molecule has 33 heavy (non-hydrogen) atoms. The molecule has 2 aromatic heterocycles. The minimum atomic E-state index is -3.59. The third kappa shape index (κ3) is 4.76. The fraction of sp³-hybridized carbons (Fsp3) is 0.652. The second-order valence-corrected chi connectivity index (χ2v) is 11.9. The number of likely N-dealkylation sites (N-methyl/N-ethyl adjacent to an activating group) is 1. The summed E-state index contributed by atoms with van der Waals surface area (Å²) in [4.78, 5) is 23.1. The van der Waals surface area contributed by atoms with Crippen LogP contribution < -0.4 is 0 Å². The quantitative estimate of drug-likeness (QED) is 0.640. The normalized spacial score (nSPS) is 19.1. The van der Waals surface area contributed by atoms with E-state index in [4.69, 9.17) is 0 Å². The number of hydrogen-bond donors (Lipinski definition) is 0. The Labute approximate surface area is 201 Å². The summed E-state index contributed by atoms with van der Waals surface area (Å²) in [5.74, 6) is 0.0470. The minimum absolute atomic E-state index is 0.0470. The second kappa shape index (κ2) is 9.85. The van der Waals surface area contributed by atoms with Gasteiger partial charge in [-0.1, -0.05) is 19.8 Å². The molecule has 0 aliphatic carbocycles. The van der Waals surface area contributed by atoms with Crippen molar-refractivity contribution in [2.24, 2.45) is 7.05 Å². The predicted molar refractivity (Wildman–Crippen MR) is 131 cm³/mol. The van der Waals surface area contributed by atoms with E-state index in [1.54, 1.807) is 10.4 Å². The highest BCUT2D eigenvalue weighted by molar-refractivity contribution is 7.89. The summed E-state index contributed by atoms with van der Waals surface area (Å²) in [6.07, 6.45) is 4.43. The molecule has 2 aliphatic rings. The zero-order valence-electron chi connectivity index (χ0n) is 20.1. The van der Waals surface area contributed by atoms with E-state index in [9.17, 15) is 13.2 Å². The monoisotopic (exact) mass is 493 g/mol. The van der Waals surface area contributed by atoms with E-state index in [0.29, 0.717) is 39.3 Å². The van der Waals surface area contributed by atoms with Gasteiger partial charge in [0.25, 0.3) is 5.91 Å². The lowest BCUT2D eigenvalue weighted by Crippen LogP contribution is -2.48. The smallest absolute Gasteiger partial charge is 0.265 e. The number of thiazole rings is 1. The van der Waals surface area contributed by atoms with Crippen molar-refractivity contribution in [3.63, 3.8) is 0 Å². The molecule has 0 atom stereocenters. The maximum Gasteiger partial charge on any atom is 0.265 e. The first kappa shape index (κ1) is 24.4. The van der Waals surface area contributed by atoms with Gasteiger partial charge in [0.1, 0.15) is 14.8 Å². The Hall–Kier alpha value is -1.75. The van der Waals surface area contributed by atoms with Crippen LogP contribution in [0.25, 0.3) is 10.7 Å².